The van der Waals surface area contributed by atoms with E-state index in [0.717, 1.165) is 38.9 Å². The molecule has 0 aliphatic rings. The lowest BCUT2D eigenvalue weighted by atomic mass is 10.2. The Hall–Kier alpha value is -2.12. The van der Waals surface area contributed by atoms with Crippen LogP contribution in [0, 0.1) is 0 Å². The number of unbranched alkanes of at least 4 members (excludes halogenated alkanes) is 1. The molecule has 1 rings (SSSR count). The Labute approximate surface area is 173 Å². The molecule has 0 unspecified atom stereocenters. The number of halogens is 1. The minimum absolute atomic E-state index is 0. The maximum absolute atomic E-state index is 11.9. The van der Waals surface area contributed by atoms with Crippen LogP contribution in [-0.2, 0) is 14.3 Å². The van der Waals surface area contributed by atoms with E-state index in [4.69, 9.17) is 4.74 Å². The molecule has 0 atom stereocenters. The SMILES string of the molecule is CCCCOC(=O)c1ccc(NC(=O)C(=O)NCCCN(CC)CC)cc1.Cl. The number of esters is 1. The topological polar surface area (TPSA) is 87.7 Å². The normalized spacial score (nSPS) is 10.1. The van der Waals surface area contributed by atoms with Crippen molar-refractivity contribution >= 4 is 35.9 Å². The molecule has 158 valence electrons. The summed E-state index contributed by atoms with van der Waals surface area (Å²) in [5, 5.41) is 5.13. The van der Waals surface area contributed by atoms with Crippen LogP contribution in [0.3, 0.4) is 0 Å². The summed E-state index contributed by atoms with van der Waals surface area (Å²) in [4.78, 5) is 37.8. The largest absolute Gasteiger partial charge is 0.462 e. The molecule has 28 heavy (non-hydrogen) atoms. The van der Waals surface area contributed by atoms with E-state index < -0.39 is 17.8 Å². The van der Waals surface area contributed by atoms with E-state index in [1.165, 1.54) is 0 Å². The Kier molecular flexibility index (Phi) is 13.8. The molecule has 0 saturated heterocycles. The second-order valence-corrected chi connectivity index (χ2v) is 6.16. The molecule has 2 N–H and O–H groups in total. The van der Waals surface area contributed by atoms with Gasteiger partial charge >= 0.3 is 17.8 Å². The molecule has 0 heterocycles. The monoisotopic (exact) mass is 413 g/mol. The third-order valence-corrected chi connectivity index (χ3v) is 4.15. The molecule has 1 aromatic carbocycles. The van der Waals surface area contributed by atoms with E-state index >= 15 is 0 Å². The van der Waals surface area contributed by atoms with Gasteiger partial charge in [-0.05, 0) is 56.7 Å². The number of anilines is 1. The number of nitrogens with zero attached hydrogens (tertiary/aromatic N) is 1. The summed E-state index contributed by atoms with van der Waals surface area (Å²) < 4.78 is 5.12. The van der Waals surface area contributed by atoms with Crippen LogP contribution in [0.15, 0.2) is 24.3 Å². The number of hydrogen-bond donors (Lipinski definition) is 2. The van der Waals surface area contributed by atoms with Crippen molar-refractivity contribution in [1.82, 2.24) is 10.2 Å². The fraction of sp³-hybridized carbons (Fsp3) is 0.550. The van der Waals surface area contributed by atoms with Gasteiger partial charge in [-0.2, -0.15) is 0 Å². The highest BCUT2D eigenvalue weighted by molar-refractivity contribution is 6.39. The van der Waals surface area contributed by atoms with E-state index in [0.29, 0.717) is 24.4 Å². The number of amides is 2. The second-order valence-electron chi connectivity index (χ2n) is 6.16. The number of hydrogen-bond acceptors (Lipinski definition) is 5. The van der Waals surface area contributed by atoms with Gasteiger partial charge in [-0.15, -0.1) is 12.4 Å². The molecule has 0 fully saturated rings. The van der Waals surface area contributed by atoms with Gasteiger partial charge in [0.05, 0.1) is 12.2 Å². The zero-order valence-corrected chi connectivity index (χ0v) is 17.8. The third-order valence-electron chi connectivity index (χ3n) is 4.15. The molecule has 0 aromatic heterocycles. The fourth-order valence-corrected chi connectivity index (χ4v) is 2.39. The Bertz CT molecular complexity index is 604. The summed E-state index contributed by atoms with van der Waals surface area (Å²) in [5.41, 5.74) is 0.855. The lowest BCUT2D eigenvalue weighted by Crippen LogP contribution is -2.37. The fourth-order valence-electron chi connectivity index (χ4n) is 2.39. The van der Waals surface area contributed by atoms with Crippen molar-refractivity contribution in [3.63, 3.8) is 0 Å². The summed E-state index contributed by atoms with van der Waals surface area (Å²) in [7, 11) is 0. The smallest absolute Gasteiger partial charge is 0.338 e. The van der Waals surface area contributed by atoms with Gasteiger partial charge in [-0.25, -0.2) is 4.79 Å². The van der Waals surface area contributed by atoms with Gasteiger partial charge in [-0.1, -0.05) is 27.2 Å². The van der Waals surface area contributed by atoms with Crippen LogP contribution in [0.1, 0.15) is 50.4 Å². The third kappa shape index (κ3) is 9.71. The number of carbonyl (C=O) groups excluding carboxylic acids is 3. The van der Waals surface area contributed by atoms with Crippen molar-refractivity contribution in [2.24, 2.45) is 0 Å². The molecule has 7 nitrogen and oxygen atoms in total. The molecule has 0 bridgehead atoms. The Morgan fingerprint density at radius 3 is 2.18 bits per heavy atom. The van der Waals surface area contributed by atoms with E-state index in [1.54, 1.807) is 24.3 Å². The second kappa shape index (κ2) is 14.9. The van der Waals surface area contributed by atoms with Crippen LogP contribution in [0.2, 0.25) is 0 Å². The van der Waals surface area contributed by atoms with E-state index in [2.05, 4.69) is 29.4 Å². The molecule has 0 saturated carbocycles. The van der Waals surface area contributed by atoms with Crippen LogP contribution >= 0.6 is 12.4 Å². The molecule has 0 spiro atoms. The van der Waals surface area contributed by atoms with Gasteiger partial charge in [0, 0.05) is 12.2 Å². The average Bonchev–Trinajstić information content (AvgIpc) is 2.68. The van der Waals surface area contributed by atoms with Crippen LogP contribution in [-0.4, -0.2) is 55.5 Å². The molecule has 0 aliphatic carbocycles. The Morgan fingerprint density at radius 2 is 1.61 bits per heavy atom. The lowest BCUT2D eigenvalue weighted by molar-refractivity contribution is -0.136. The van der Waals surface area contributed by atoms with Crippen molar-refractivity contribution < 1.29 is 19.1 Å². The standard InChI is InChI=1S/C20H31N3O4.ClH/c1-4-7-15-27-20(26)16-9-11-17(12-10-16)22-19(25)18(24)21-13-8-14-23(5-2)6-3;/h9-12H,4-8,13-15H2,1-3H3,(H,21,24)(H,22,25);1H. The number of nitrogens with one attached hydrogen (secondary N) is 2. The minimum atomic E-state index is -0.726. The molecule has 2 amide bonds. The maximum Gasteiger partial charge on any atom is 0.338 e. The van der Waals surface area contributed by atoms with Gasteiger partial charge in [0.1, 0.15) is 0 Å². The van der Waals surface area contributed by atoms with Gasteiger partial charge in [0.25, 0.3) is 0 Å². The first-order valence-electron chi connectivity index (χ1n) is 9.60. The van der Waals surface area contributed by atoms with Crippen molar-refractivity contribution in [3.8, 4) is 0 Å². The first-order valence-corrected chi connectivity index (χ1v) is 9.60. The molecular weight excluding hydrogens is 382 g/mol. The summed E-state index contributed by atoms with van der Waals surface area (Å²) in [5.74, 6) is -1.79. The molecular formula is C20H32ClN3O4. The average molecular weight is 414 g/mol. The van der Waals surface area contributed by atoms with E-state index in [9.17, 15) is 14.4 Å². The molecule has 0 aliphatic heterocycles. The molecule has 0 radical (unpaired) electrons. The Morgan fingerprint density at radius 1 is 0.964 bits per heavy atom. The van der Waals surface area contributed by atoms with Gasteiger partial charge in [0.2, 0.25) is 0 Å². The Balaban J connectivity index is 0.00000729. The summed E-state index contributed by atoms with van der Waals surface area (Å²) >= 11 is 0. The number of benzene rings is 1. The van der Waals surface area contributed by atoms with Crippen molar-refractivity contribution in [1.29, 1.82) is 0 Å². The number of carbonyl (C=O) groups is 3. The summed E-state index contributed by atoms with van der Waals surface area (Å²) in [6, 6.07) is 6.27. The van der Waals surface area contributed by atoms with Gasteiger partial charge in [0.15, 0.2) is 0 Å². The maximum atomic E-state index is 11.9. The highest BCUT2D eigenvalue weighted by Gasteiger charge is 2.14. The van der Waals surface area contributed by atoms with E-state index in [1.807, 2.05) is 6.92 Å². The molecule has 1 aromatic rings. The molecule has 8 heteroatoms. The van der Waals surface area contributed by atoms with Crippen LogP contribution in [0.4, 0.5) is 5.69 Å². The highest BCUT2D eigenvalue weighted by atomic mass is 35.5. The summed E-state index contributed by atoms with van der Waals surface area (Å²) in [6.07, 6.45) is 2.56. The zero-order chi connectivity index (χ0) is 20.1. The first kappa shape index (κ1) is 25.9. The zero-order valence-electron chi connectivity index (χ0n) is 17.0. The highest BCUT2D eigenvalue weighted by Crippen LogP contribution is 2.11. The predicted octanol–water partition coefficient (Wildman–Crippen LogP) is 2.85. The van der Waals surface area contributed by atoms with Crippen molar-refractivity contribution in [2.45, 2.75) is 40.0 Å². The van der Waals surface area contributed by atoms with Crippen LogP contribution in [0.5, 0.6) is 0 Å². The first-order chi connectivity index (χ1) is 13.0. The predicted molar refractivity (Wildman–Crippen MR) is 113 cm³/mol. The number of rotatable bonds is 11. The van der Waals surface area contributed by atoms with Crippen LogP contribution < -0.4 is 10.6 Å². The van der Waals surface area contributed by atoms with Crippen LogP contribution in [0.25, 0.3) is 0 Å². The minimum Gasteiger partial charge on any atom is -0.462 e. The van der Waals surface area contributed by atoms with Gasteiger partial charge < -0.3 is 20.3 Å². The quantitative estimate of drug-likeness (QED) is 0.331. The van der Waals surface area contributed by atoms with E-state index in [-0.39, 0.29) is 12.4 Å². The van der Waals surface area contributed by atoms with Crippen molar-refractivity contribution in [3.05, 3.63) is 29.8 Å². The van der Waals surface area contributed by atoms with Crippen molar-refractivity contribution in [2.75, 3.05) is 38.1 Å². The van der Waals surface area contributed by atoms with Gasteiger partial charge in [-0.3, -0.25) is 9.59 Å². The number of ether oxygens (including phenoxy) is 1. The lowest BCUT2D eigenvalue weighted by Gasteiger charge is -2.17. The summed E-state index contributed by atoms with van der Waals surface area (Å²) in [6.45, 7) is 9.85.